The molecule has 0 saturated carbocycles. The maximum absolute atomic E-state index is 13.0. The monoisotopic (exact) mass is 344 g/mol. The molecule has 0 bridgehead atoms. The highest BCUT2D eigenvalue weighted by atomic mass is 79.9. The molecule has 2 rings (SSSR count). The molecule has 106 valence electrons. The summed E-state index contributed by atoms with van der Waals surface area (Å²) >= 11 is 3.35. The van der Waals surface area contributed by atoms with Gasteiger partial charge >= 0.3 is 6.18 Å². The lowest BCUT2D eigenvalue weighted by molar-refractivity contribution is -0.136. The van der Waals surface area contributed by atoms with Gasteiger partial charge < -0.3 is 11.1 Å². The van der Waals surface area contributed by atoms with Gasteiger partial charge in [0.05, 0.1) is 11.3 Å². The molecule has 2 aromatic rings. The van der Waals surface area contributed by atoms with Crippen LogP contribution in [-0.4, -0.2) is 0 Å². The number of hydrogen-bond donors (Lipinski definition) is 2. The molecule has 0 saturated heterocycles. The molecule has 0 aromatic heterocycles. The van der Waals surface area contributed by atoms with Gasteiger partial charge in [0.25, 0.3) is 0 Å². The highest BCUT2D eigenvalue weighted by Crippen LogP contribution is 2.37. The molecule has 0 amide bonds. The normalized spacial score (nSPS) is 11.4. The van der Waals surface area contributed by atoms with Gasteiger partial charge in [-0.15, -0.1) is 0 Å². The Balaban J connectivity index is 2.40. The van der Waals surface area contributed by atoms with Gasteiger partial charge in [0.2, 0.25) is 0 Å². The van der Waals surface area contributed by atoms with E-state index in [0.717, 1.165) is 16.1 Å². The molecular weight excluding hydrogens is 333 g/mol. The van der Waals surface area contributed by atoms with Crippen LogP contribution in [0.4, 0.5) is 30.2 Å². The summed E-state index contributed by atoms with van der Waals surface area (Å²) in [5.74, 6) is 0. The maximum atomic E-state index is 13.0. The summed E-state index contributed by atoms with van der Waals surface area (Å²) in [6, 6.07) is 8.94. The van der Waals surface area contributed by atoms with Gasteiger partial charge in [-0.1, -0.05) is 22.0 Å². The van der Waals surface area contributed by atoms with Gasteiger partial charge in [-0.3, -0.25) is 0 Å². The number of benzene rings is 2. The van der Waals surface area contributed by atoms with Crippen molar-refractivity contribution in [1.82, 2.24) is 0 Å². The standard InChI is InChI=1S/C14H12BrF3N2/c1-8-2-4-10(7-12(8)15)20-13-5-3-9(19)6-11(13)14(16,17)18/h2-7,20H,19H2,1H3. The molecule has 2 aromatic carbocycles. The molecule has 0 unspecified atom stereocenters. The fourth-order valence-corrected chi connectivity index (χ4v) is 2.11. The topological polar surface area (TPSA) is 38.0 Å². The predicted molar refractivity (Wildman–Crippen MR) is 78.0 cm³/mol. The van der Waals surface area contributed by atoms with Gasteiger partial charge in [0.1, 0.15) is 0 Å². The van der Waals surface area contributed by atoms with E-state index in [9.17, 15) is 13.2 Å². The van der Waals surface area contributed by atoms with E-state index in [-0.39, 0.29) is 11.4 Å². The van der Waals surface area contributed by atoms with Crippen molar-refractivity contribution in [1.29, 1.82) is 0 Å². The number of hydrogen-bond acceptors (Lipinski definition) is 2. The second-order valence-corrected chi connectivity index (χ2v) is 5.25. The Morgan fingerprint density at radius 1 is 1.10 bits per heavy atom. The van der Waals surface area contributed by atoms with E-state index >= 15 is 0 Å². The minimum Gasteiger partial charge on any atom is -0.399 e. The number of nitrogen functional groups attached to an aromatic ring is 1. The average molecular weight is 345 g/mol. The molecule has 0 atom stereocenters. The van der Waals surface area contributed by atoms with E-state index in [1.54, 1.807) is 12.1 Å². The van der Waals surface area contributed by atoms with Crippen molar-refractivity contribution < 1.29 is 13.2 Å². The average Bonchev–Trinajstić information content (AvgIpc) is 2.35. The summed E-state index contributed by atoms with van der Waals surface area (Å²) in [7, 11) is 0. The van der Waals surface area contributed by atoms with Crippen molar-refractivity contribution in [3.05, 3.63) is 52.0 Å². The Labute approximate surface area is 122 Å². The van der Waals surface area contributed by atoms with Crippen molar-refractivity contribution in [2.75, 3.05) is 11.1 Å². The molecule has 0 radical (unpaired) electrons. The highest BCUT2D eigenvalue weighted by molar-refractivity contribution is 9.10. The lowest BCUT2D eigenvalue weighted by Gasteiger charge is -2.15. The Hall–Kier alpha value is -1.69. The van der Waals surface area contributed by atoms with Gasteiger partial charge in [0, 0.05) is 15.8 Å². The van der Waals surface area contributed by atoms with Crippen LogP contribution in [0.25, 0.3) is 0 Å². The summed E-state index contributed by atoms with van der Waals surface area (Å²) in [5, 5.41) is 2.77. The summed E-state index contributed by atoms with van der Waals surface area (Å²) < 4.78 is 39.7. The zero-order chi connectivity index (χ0) is 14.9. The van der Waals surface area contributed by atoms with E-state index < -0.39 is 11.7 Å². The lowest BCUT2D eigenvalue weighted by Crippen LogP contribution is -2.09. The quantitative estimate of drug-likeness (QED) is 0.743. The number of anilines is 3. The lowest BCUT2D eigenvalue weighted by atomic mass is 10.1. The van der Waals surface area contributed by atoms with Gasteiger partial charge in [0.15, 0.2) is 0 Å². The van der Waals surface area contributed by atoms with Gasteiger partial charge in [-0.2, -0.15) is 13.2 Å². The summed E-state index contributed by atoms with van der Waals surface area (Å²) in [4.78, 5) is 0. The molecule has 6 heteroatoms. The van der Waals surface area contributed by atoms with Crippen LogP contribution in [0.3, 0.4) is 0 Å². The smallest absolute Gasteiger partial charge is 0.399 e. The largest absolute Gasteiger partial charge is 0.418 e. The predicted octanol–water partition coefficient (Wildman–Crippen LogP) is 5.10. The zero-order valence-corrected chi connectivity index (χ0v) is 12.1. The van der Waals surface area contributed by atoms with Crippen molar-refractivity contribution in [2.24, 2.45) is 0 Å². The molecule has 2 nitrogen and oxygen atoms in total. The minimum atomic E-state index is -4.46. The van der Waals surface area contributed by atoms with Gasteiger partial charge in [-0.05, 0) is 42.8 Å². The second kappa shape index (κ2) is 5.36. The van der Waals surface area contributed by atoms with Crippen LogP contribution >= 0.6 is 15.9 Å². The first-order valence-electron chi connectivity index (χ1n) is 5.77. The molecule has 3 N–H and O–H groups in total. The first-order valence-corrected chi connectivity index (χ1v) is 6.56. The van der Waals surface area contributed by atoms with Crippen molar-refractivity contribution in [2.45, 2.75) is 13.1 Å². The van der Waals surface area contributed by atoms with E-state index in [1.165, 1.54) is 12.1 Å². The maximum Gasteiger partial charge on any atom is 0.418 e. The minimum absolute atomic E-state index is 0.0255. The SMILES string of the molecule is Cc1ccc(Nc2ccc(N)cc2C(F)(F)F)cc1Br. The van der Waals surface area contributed by atoms with Crippen LogP contribution in [0.5, 0.6) is 0 Å². The number of halogens is 4. The second-order valence-electron chi connectivity index (χ2n) is 4.39. The molecule has 0 fully saturated rings. The Morgan fingerprint density at radius 3 is 2.40 bits per heavy atom. The van der Waals surface area contributed by atoms with Crippen LogP contribution in [-0.2, 0) is 6.18 Å². The fraction of sp³-hybridized carbons (Fsp3) is 0.143. The molecule has 0 heterocycles. The van der Waals surface area contributed by atoms with Crippen molar-refractivity contribution >= 4 is 33.0 Å². The van der Waals surface area contributed by atoms with E-state index in [1.807, 2.05) is 13.0 Å². The van der Waals surface area contributed by atoms with Crippen LogP contribution in [0.15, 0.2) is 40.9 Å². The number of aryl methyl sites for hydroxylation is 1. The summed E-state index contributed by atoms with van der Waals surface area (Å²) in [6.07, 6.45) is -4.46. The molecule has 20 heavy (non-hydrogen) atoms. The van der Waals surface area contributed by atoms with Crippen molar-refractivity contribution in [3.63, 3.8) is 0 Å². The van der Waals surface area contributed by atoms with Crippen LogP contribution < -0.4 is 11.1 Å². The Morgan fingerprint density at radius 2 is 1.80 bits per heavy atom. The zero-order valence-electron chi connectivity index (χ0n) is 10.6. The Bertz CT molecular complexity index is 639. The number of alkyl halides is 3. The number of nitrogens with one attached hydrogen (secondary N) is 1. The number of rotatable bonds is 2. The third kappa shape index (κ3) is 3.25. The van der Waals surface area contributed by atoms with Crippen LogP contribution in [0, 0.1) is 6.92 Å². The first kappa shape index (κ1) is 14.7. The Kier molecular flexibility index (Phi) is 3.94. The van der Waals surface area contributed by atoms with E-state index in [0.29, 0.717) is 5.69 Å². The molecular formula is C14H12BrF3N2. The first-order chi connectivity index (χ1) is 9.27. The van der Waals surface area contributed by atoms with Crippen LogP contribution in [0.1, 0.15) is 11.1 Å². The van der Waals surface area contributed by atoms with Crippen LogP contribution in [0.2, 0.25) is 0 Å². The fourth-order valence-electron chi connectivity index (χ4n) is 1.73. The molecule has 0 aliphatic carbocycles. The summed E-state index contributed by atoms with van der Waals surface area (Å²) in [6.45, 7) is 1.90. The van der Waals surface area contributed by atoms with E-state index in [4.69, 9.17) is 5.73 Å². The van der Waals surface area contributed by atoms with E-state index in [2.05, 4.69) is 21.2 Å². The third-order valence-electron chi connectivity index (χ3n) is 2.80. The van der Waals surface area contributed by atoms with Crippen molar-refractivity contribution in [3.8, 4) is 0 Å². The highest BCUT2D eigenvalue weighted by Gasteiger charge is 2.33. The molecule has 0 aliphatic rings. The van der Waals surface area contributed by atoms with Gasteiger partial charge in [-0.25, -0.2) is 0 Å². The molecule has 0 spiro atoms. The molecule has 0 aliphatic heterocycles. The number of nitrogens with two attached hydrogens (primary N) is 1. The third-order valence-corrected chi connectivity index (χ3v) is 3.65. The summed E-state index contributed by atoms with van der Waals surface area (Å²) in [5.41, 5.74) is 6.27.